The fourth-order valence-corrected chi connectivity index (χ4v) is 6.93. The molecule has 1 aromatic carbocycles. The number of hydrogen-bond donors (Lipinski definition) is 2. The van der Waals surface area contributed by atoms with Crippen molar-refractivity contribution in [2.45, 2.75) is 77.3 Å². The number of nitrogens with one attached hydrogen (secondary N) is 1. The summed E-state index contributed by atoms with van der Waals surface area (Å²) in [6.45, 7) is 8.49. The molecule has 0 radical (unpaired) electrons. The summed E-state index contributed by atoms with van der Waals surface area (Å²) in [5.74, 6) is 0.277. The molecule has 4 heterocycles. The summed E-state index contributed by atoms with van der Waals surface area (Å²) in [4.78, 5) is 21.6. The highest BCUT2D eigenvalue weighted by Gasteiger charge is 2.47. The molecule has 2 fully saturated rings. The Balaban J connectivity index is 1.55. The molecule has 0 saturated carbocycles. The normalized spacial score (nSPS) is 20.9. The van der Waals surface area contributed by atoms with Gasteiger partial charge in [0.15, 0.2) is 0 Å². The summed E-state index contributed by atoms with van der Waals surface area (Å²) in [6, 6.07) is 9.66. The Bertz CT molecular complexity index is 1120. The third kappa shape index (κ3) is 3.33. The molecule has 0 unspecified atom stereocenters. The Kier molecular flexibility index (Phi) is 5.02. The van der Waals surface area contributed by atoms with Crippen LogP contribution in [0.5, 0.6) is 0 Å². The van der Waals surface area contributed by atoms with Gasteiger partial charge in [0.1, 0.15) is 4.83 Å². The summed E-state index contributed by atoms with van der Waals surface area (Å²) in [6.07, 6.45) is 5.26. The van der Waals surface area contributed by atoms with E-state index in [1.807, 2.05) is 0 Å². The molecule has 31 heavy (non-hydrogen) atoms. The summed E-state index contributed by atoms with van der Waals surface area (Å²) in [5.41, 5.74) is 5.33. The van der Waals surface area contributed by atoms with Crippen molar-refractivity contribution in [1.29, 1.82) is 0 Å². The number of benzene rings is 1. The number of nitrogens with zero attached hydrogens (tertiary/aromatic N) is 1. The van der Waals surface area contributed by atoms with E-state index < -0.39 is 5.41 Å². The van der Waals surface area contributed by atoms with Crippen molar-refractivity contribution in [2.24, 2.45) is 0 Å². The molecule has 0 atom stereocenters. The van der Waals surface area contributed by atoms with Crippen LogP contribution in [0.1, 0.15) is 61.1 Å². The zero-order valence-electron chi connectivity index (χ0n) is 18.9. The molecule has 2 saturated heterocycles. The summed E-state index contributed by atoms with van der Waals surface area (Å²) < 4.78 is 0. The van der Waals surface area contributed by atoms with E-state index in [0.29, 0.717) is 18.5 Å². The van der Waals surface area contributed by atoms with Crippen LogP contribution in [0.15, 0.2) is 24.3 Å². The lowest BCUT2D eigenvalue weighted by Crippen LogP contribution is -2.45. The molecule has 2 aliphatic heterocycles. The van der Waals surface area contributed by atoms with E-state index in [2.05, 4.69) is 61.8 Å². The maximum absolute atomic E-state index is 13.6. The molecular formula is C26H32N2O2S. The number of hydrogen-bond acceptors (Lipinski definition) is 3. The lowest BCUT2D eigenvalue weighted by Gasteiger charge is -2.31. The fourth-order valence-electron chi connectivity index (χ4n) is 5.75. The van der Waals surface area contributed by atoms with Crippen molar-refractivity contribution < 1.29 is 9.90 Å². The SMILES string of the molecule is Cc1cc(C)cc(-c2[nH]c3sc(C(C)(C)C(=O)N4C5CCC4CC5)cc3c2CCO)c1. The van der Waals surface area contributed by atoms with Crippen molar-refractivity contribution in [3.8, 4) is 11.3 Å². The fraction of sp³-hybridized carbons (Fsp3) is 0.500. The molecular weight excluding hydrogens is 404 g/mol. The maximum Gasteiger partial charge on any atom is 0.233 e. The van der Waals surface area contributed by atoms with Crippen molar-refractivity contribution in [1.82, 2.24) is 9.88 Å². The van der Waals surface area contributed by atoms with Crippen LogP contribution < -0.4 is 0 Å². The van der Waals surface area contributed by atoms with Crippen molar-refractivity contribution in [2.75, 3.05) is 6.61 Å². The smallest absolute Gasteiger partial charge is 0.233 e. The average molecular weight is 437 g/mol. The van der Waals surface area contributed by atoms with E-state index in [0.717, 1.165) is 57.6 Å². The predicted molar refractivity (Wildman–Crippen MR) is 128 cm³/mol. The zero-order valence-corrected chi connectivity index (χ0v) is 19.7. The molecule has 2 aliphatic rings. The number of amides is 1. The number of rotatable bonds is 5. The van der Waals surface area contributed by atoms with Gasteiger partial charge in [0.05, 0.1) is 11.1 Å². The van der Waals surface area contributed by atoms with E-state index in [1.165, 1.54) is 11.1 Å². The minimum absolute atomic E-state index is 0.107. The van der Waals surface area contributed by atoms with Crippen molar-refractivity contribution in [3.05, 3.63) is 45.8 Å². The Morgan fingerprint density at radius 1 is 1.10 bits per heavy atom. The number of carbonyl (C=O) groups is 1. The first kappa shape index (κ1) is 20.8. The minimum atomic E-state index is -0.535. The van der Waals surface area contributed by atoms with Crippen LogP contribution in [0, 0.1) is 13.8 Å². The van der Waals surface area contributed by atoms with Gasteiger partial charge in [-0.25, -0.2) is 0 Å². The highest BCUT2D eigenvalue weighted by atomic mass is 32.1. The number of H-pyrrole nitrogens is 1. The maximum atomic E-state index is 13.6. The lowest BCUT2D eigenvalue weighted by atomic mass is 9.88. The lowest BCUT2D eigenvalue weighted by molar-refractivity contribution is -0.137. The molecule has 3 aromatic rings. The van der Waals surface area contributed by atoms with Crippen LogP contribution in [-0.2, 0) is 16.6 Å². The zero-order chi connectivity index (χ0) is 21.9. The monoisotopic (exact) mass is 436 g/mol. The van der Waals surface area contributed by atoms with Crippen LogP contribution in [0.3, 0.4) is 0 Å². The van der Waals surface area contributed by atoms with Gasteiger partial charge < -0.3 is 15.0 Å². The number of aromatic amines is 1. The molecule has 5 rings (SSSR count). The molecule has 2 aromatic heterocycles. The van der Waals surface area contributed by atoms with Crippen LogP contribution >= 0.6 is 11.3 Å². The topological polar surface area (TPSA) is 56.3 Å². The molecule has 2 N–H and O–H groups in total. The van der Waals surface area contributed by atoms with Gasteiger partial charge in [0.25, 0.3) is 0 Å². The van der Waals surface area contributed by atoms with Crippen molar-refractivity contribution >= 4 is 27.5 Å². The average Bonchev–Trinajstić information content (AvgIpc) is 3.47. The number of carbonyl (C=O) groups excluding carboxylic acids is 1. The van der Waals surface area contributed by atoms with Gasteiger partial charge in [0, 0.05) is 29.0 Å². The Morgan fingerprint density at radius 2 is 1.71 bits per heavy atom. The predicted octanol–water partition coefficient (Wildman–Crippen LogP) is 5.48. The number of aliphatic hydroxyl groups excluding tert-OH is 1. The van der Waals surface area contributed by atoms with Crippen LogP contribution in [0.25, 0.3) is 21.5 Å². The molecule has 4 nitrogen and oxygen atoms in total. The Labute approximate surface area is 188 Å². The first-order valence-electron chi connectivity index (χ1n) is 11.5. The standard InChI is InChI=1S/C26H32N2O2S/c1-15-11-16(2)13-17(12-15)23-20(9-10-29)21-14-22(31-24(21)27-23)26(3,4)25(30)28-18-5-6-19(28)8-7-18/h11-14,18-19,27,29H,5-10H2,1-4H3. The van der Waals surface area contributed by atoms with Gasteiger partial charge in [-0.1, -0.05) is 17.2 Å². The van der Waals surface area contributed by atoms with E-state index in [9.17, 15) is 9.90 Å². The van der Waals surface area contributed by atoms with Crippen LogP contribution in [-0.4, -0.2) is 39.6 Å². The number of thiophene rings is 1. The van der Waals surface area contributed by atoms with Crippen molar-refractivity contribution in [3.63, 3.8) is 0 Å². The number of aryl methyl sites for hydroxylation is 2. The van der Waals surface area contributed by atoms with Gasteiger partial charge in [-0.15, -0.1) is 11.3 Å². The molecule has 1 amide bonds. The molecule has 2 bridgehead atoms. The highest BCUT2D eigenvalue weighted by molar-refractivity contribution is 7.19. The first-order chi connectivity index (χ1) is 14.8. The molecule has 0 spiro atoms. The summed E-state index contributed by atoms with van der Waals surface area (Å²) in [7, 11) is 0. The van der Waals surface area contributed by atoms with E-state index in [-0.39, 0.29) is 12.5 Å². The van der Waals surface area contributed by atoms with Gasteiger partial charge in [-0.05, 0) is 89.1 Å². The van der Waals surface area contributed by atoms with Gasteiger partial charge in [-0.3, -0.25) is 4.79 Å². The molecule has 0 aliphatic carbocycles. The Morgan fingerprint density at radius 3 is 2.29 bits per heavy atom. The second-order valence-electron chi connectivity index (χ2n) is 9.98. The number of fused-ring (bicyclic) bond motifs is 3. The second-order valence-corrected chi connectivity index (χ2v) is 11.0. The molecule has 5 heteroatoms. The summed E-state index contributed by atoms with van der Waals surface area (Å²) >= 11 is 1.69. The minimum Gasteiger partial charge on any atom is -0.396 e. The third-order valence-electron chi connectivity index (χ3n) is 7.31. The Hall–Kier alpha value is -2.11. The van der Waals surface area contributed by atoms with Gasteiger partial charge in [0.2, 0.25) is 5.91 Å². The second kappa shape index (κ2) is 7.49. The largest absolute Gasteiger partial charge is 0.396 e. The highest BCUT2D eigenvalue weighted by Crippen LogP contribution is 2.44. The van der Waals surface area contributed by atoms with E-state index >= 15 is 0 Å². The molecule has 164 valence electrons. The number of aromatic nitrogens is 1. The summed E-state index contributed by atoms with van der Waals surface area (Å²) in [5, 5.41) is 10.9. The third-order valence-corrected chi connectivity index (χ3v) is 8.68. The van der Waals surface area contributed by atoms with Gasteiger partial charge in [-0.2, -0.15) is 0 Å². The quantitative estimate of drug-likeness (QED) is 0.556. The van der Waals surface area contributed by atoms with E-state index in [4.69, 9.17) is 0 Å². The first-order valence-corrected chi connectivity index (χ1v) is 12.3. The van der Waals surface area contributed by atoms with Gasteiger partial charge >= 0.3 is 0 Å². The van der Waals surface area contributed by atoms with Crippen LogP contribution in [0.2, 0.25) is 0 Å². The number of aliphatic hydroxyl groups is 1. The van der Waals surface area contributed by atoms with E-state index in [1.54, 1.807) is 11.3 Å². The van der Waals surface area contributed by atoms with Crippen LogP contribution in [0.4, 0.5) is 0 Å².